The number of fused-ring (bicyclic) bond motifs is 2. The van der Waals surface area contributed by atoms with Gasteiger partial charge in [-0.3, -0.25) is 4.79 Å². The van der Waals surface area contributed by atoms with Gasteiger partial charge in [-0.2, -0.15) is 0 Å². The van der Waals surface area contributed by atoms with E-state index in [4.69, 9.17) is 4.43 Å². The van der Waals surface area contributed by atoms with Crippen LogP contribution in [0, 0.1) is 0 Å². The number of ketones is 1. The Kier molecular flexibility index (Phi) is 3.80. The number of Topliss-reactive ketones (excluding diaryl/α,β-unsaturated/α-hetero) is 1. The van der Waals surface area contributed by atoms with Crippen molar-refractivity contribution >= 4 is 25.0 Å². The van der Waals surface area contributed by atoms with E-state index in [1.165, 1.54) is 16.8 Å². The number of hydrogen-bond acceptors (Lipinski definition) is 2. The summed E-state index contributed by atoms with van der Waals surface area (Å²) in [5.41, 5.74) is 4.49. The van der Waals surface area contributed by atoms with E-state index in [9.17, 15) is 4.79 Å². The van der Waals surface area contributed by atoms with Gasteiger partial charge >= 0.3 is 0 Å². The van der Waals surface area contributed by atoms with Gasteiger partial charge in [-0.25, -0.2) is 0 Å². The van der Waals surface area contributed by atoms with E-state index in [1.54, 1.807) is 0 Å². The second-order valence-electron chi connectivity index (χ2n) is 8.24. The molecule has 0 bridgehead atoms. The van der Waals surface area contributed by atoms with Crippen LogP contribution in [0.15, 0.2) is 18.2 Å². The summed E-state index contributed by atoms with van der Waals surface area (Å²) < 4.78 is 8.58. The highest BCUT2D eigenvalue weighted by Crippen LogP contribution is 2.37. The van der Waals surface area contributed by atoms with Crippen molar-refractivity contribution in [2.75, 3.05) is 0 Å². The highest BCUT2D eigenvalue weighted by atomic mass is 28.4. The van der Waals surface area contributed by atoms with Gasteiger partial charge in [0.2, 0.25) is 0 Å². The van der Waals surface area contributed by atoms with Gasteiger partial charge in [0.05, 0.1) is 6.61 Å². The Morgan fingerprint density at radius 2 is 1.87 bits per heavy atom. The van der Waals surface area contributed by atoms with Crippen molar-refractivity contribution in [3.8, 4) is 0 Å². The largest absolute Gasteiger partial charge is 0.411 e. The van der Waals surface area contributed by atoms with Crippen LogP contribution in [0.3, 0.4) is 0 Å². The van der Waals surface area contributed by atoms with Gasteiger partial charge in [-0.15, -0.1) is 0 Å². The summed E-state index contributed by atoms with van der Waals surface area (Å²) >= 11 is 0. The van der Waals surface area contributed by atoms with E-state index >= 15 is 0 Å². The summed E-state index contributed by atoms with van der Waals surface area (Å²) in [6.45, 7) is 12.0. The fourth-order valence-corrected chi connectivity index (χ4v) is 3.89. The zero-order chi connectivity index (χ0) is 17.0. The van der Waals surface area contributed by atoms with Gasteiger partial charge < -0.3 is 8.99 Å². The standard InChI is InChI=1S/C19H27NO2Si/c1-19(2,3)23(5,6)22-12-15-9-14-10-16-13(7-8-18(16)21)11-17(14)20(15)4/h9-11H,7-8,12H2,1-6H3. The number of benzene rings is 1. The van der Waals surface area contributed by atoms with E-state index in [0.717, 1.165) is 17.4 Å². The van der Waals surface area contributed by atoms with E-state index in [0.29, 0.717) is 13.0 Å². The molecule has 3 rings (SSSR count). The van der Waals surface area contributed by atoms with Gasteiger partial charge in [0.1, 0.15) is 0 Å². The van der Waals surface area contributed by atoms with Crippen LogP contribution in [0.5, 0.6) is 0 Å². The molecule has 1 heterocycles. The molecular formula is C19H27NO2Si. The third-order valence-electron chi connectivity index (χ3n) is 5.68. The normalized spacial score (nSPS) is 15.5. The summed E-state index contributed by atoms with van der Waals surface area (Å²) in [6, 6.07) is 6.43. The third-order valence-corrected chi connectivity index (χ3v) is 10.2. The van der Waals surface area contributed by atoms with Gasteiger partial charge in [0, 0.05) is 35.6 Å². The highest BCUT2D eigenvalue weighted by molar-refractivity contribution is 6.74. The van der Waals surface area contributed by atoms with Crippen LogP contribution < -0.4 is 0 Å². The zero-order valence-corrected chi connectivity index (χ0v) is 16.1. The molecule has 23 heavy (non-hydrogen) atoms. The van der Waals surface area contributed by atoms with Crippen LogP contribution in [0.1, 0.15) is 48.8 Å². The molecular weight excluding hydrogens is 302 g/mol. The first-order valence-electron chi connectivity index (χ1n) is 8.38. The number of nitrogens with zero attached hydrogens (tertiary/aromatic N) is 1. The summed E-state index contributed by atoms with van der Waals surface area (Å²) in [5.74, 6) is 0.282. The Hall–Kier alpha value is -1.39. The van der Waals surface area contributed by atoms with Crippen LogP contribution in [0.2, 0.25) is 18.1 Å². The maximum absolute atomic E-state index is 11.9. The number of carbonyl (C=O) groups is 1. The number of carbonyl (C=O) groups excluding carboxylic acids is 1. The number of rotatable bonds is 3. The van der Waals surface area contributed by atoms with E-state index in [-0.39, 0.29) is 10.8 Å². The van der Waals surface area contributed by atoms with Gasteiger partial charge in [0.25, 0.3) is 0 Å². The molecule has 0 N–H and O–H groups in total. The molecule has 0 atom stereocenters. The highest BCUT2D eigenvalue weighted by Gasteiger charge is 2.37. The topological polar surface area (TPSA) is 31.2 Å². The molecule has 0 fully saturated rings. The molecule has 4 heteroatoms. The van der Waals surface area contributed by atoms with Crippen molar-refractivity contribution in [1.82, 2.24) is 4.57 Å². The molecule has 0 saturated heterocycles. The monoisotopic (exact) mass is 329 g/mol. The summed E-state index contributed by atoms with van der Waals surface area (Å²) in [5, 5.41) is 1.36. The zero-order valence-electron chi connectivity index (χ0n) is 15.1. The molecule has 1 aliphatic carbocycles. The Bertz CT molecular complexity index is 781. The van der Waals surface area contributed by atoms with E-state index in [1.807, 2.05) is 0 Å². The average Bonchev–Trinajstić information content (AvgIpc) is 2.96. The maximum atomic E-state index is 11.9. The summed E-state index contributed by atoms with van der Waals surface area (Å²) in [6.07, 6.45) is 1.54. The Labute approximate surface area is 139 Å². The predicted molar refractivity (Wildman–Crippen MR) is 97.6 cm³/mol. The van der Waals surface area contributed by atoms with Crippen LogP contribution in [-0.4, -0.2) is 18.7 Å². The van der Waals surface area contributed by atoms with Crippen molar-refractivity contribution in [2.45, 2.75) is 58.4 Å². The molecule has 0 spiro atoms. The molecule has 1 aliphatic rings. The van der Waals surface area contributed by atoms with Crippen LogP contribution in [0.25, 0.3) is 10.9 Å². The first kappa shape index (κ1) is 16.5. The summed E-state index contributed by atoms with van der Waals surface area (Å²) in [4.78, 5) is 11.9. The maximum Gasteiger partial charge on any atom is 0.192 e. The quantitative estimate of drug-likeness (QED) is 0.755. The first-order chi connectivity index (χ1) is 10.6. The van der Waals surface area contributed by atoms with Crippen LogP contribution in [-0.2, 0) is 24.5 Å². The lowest BCUT2D eigenvalue weighted by molar-refractivity contribution is 0.0994. The lowest BCUT2D eigenvalue weighted by atomic mass is 10.1. The Morgan fingerprint density at radius 1 is 1.17 bits per heavy atom. The molecule has 2 aromatic rings. The fourth-order valence-electron chi connectivity index (χ4n) is 2.94. The van der Waals surface area contributed by atoms with Crippen molar-refractivity contribution in [3.05, 3.63) is 35.0 Å². The van der Waals surface area contributed by atoms with E-state index in [2.05, 4.69) is 63.7 Å². The van der Waals surface area contributed by atoms with Crippen molar-refractivity contribution < 1.29 is 9.22 Å². The summed E-state index contributed by atoms with van der Waals surface area (Å²) in [7, 11) is 0.338. The van der Waals surface area contributed by atoms with Gasteiger partial charge in [0.15, 0.2) is 14.1 Å². The number of hydrogen-bond donors (Lipinski definition) is 0. The molecule has 0 aliphatic heterocycles. The van der Waals surface area contributed by atoms with Crippen LogP contribution >= 0.6 is 0 Å². The molecule has 0 unspecified atom stereocenters. The van der Waals surface area contributed by atoms with Gasteiger partial charge in [-0.05, 0) is 48.3 Å². The molecule has 1 aromatic heterocycles. The lowest BCUT2D eigenvalue weighted by Crippen LogP contribution is -2.40. The van der Waals surface area contributed by atoms with Crippen LogP contribution in [0.4, 0.5) is 0 Å². The second-order valence-corrected chi connectivity index (χ2v) is 13.0. The lowest BCUT2D eigenvalue weighted by Gasteiger charge is -2.36. The average molecular weight is 330 g/mol. The fraction of sp³-hybridized carbons (Fsp3) is 0.526. The smallest absolute Gasteiger partial charge is 0.192 e. The van der Waals surface area contributed by atoms with Crippen molar-refractivity contribution in [2.24, 2.45) is 7.05 Å². The van der Waals surface area contributed by atoms with Gasteiger partial charge in [-0.1, -0.05) is 20.8 Å². The first-order valence-corrected chi connectivity index (χ1v) is 11.3. The predicted octanol–water partition coefficient (Wildman–Crippen LogP) is 4.83. The number of aryl methyl sites for hydroxylation is 2. The molecule has 0 saturated carbocycles. The minimum Gasteiger partial charge on any atom is -0.411 e. The minimum atomic E-state index is -1.76. The van der Waals surface area contributed by atoms with Crippen molar-refractivity contribution in [1.29, 1.82) is 0 Å². The molecule has 0 radical (unpaired) electrons. The third kappa shape index (κ3) is 2.79. The molecule has 1 aromatic carbocycles. The Morgan fingerprint density at radius 3 is 2.52 bits per heavy atom. The van der Waals surface area contributed by atoms with E-state index < -0.39 is 8.32 Å². The molecule has 3 nitrogen and oxygen atoms in total. The molecule has 124 valence electrons. The number of aromatic nitrogens is 1. The Balaban J connectivity index is 1.91. The SMILES string of the molecule is Cn1c(CO[Si](C)(C)C(C)(C)C)cc2cc3c(cc21)CCC3=O. The second kappa shape index (κ2) is 5.31. The van der Waals surface area contributed by atoms with Crippen molar-refractivity contribution in [3.63, 3.8) is 0 Å². The minimum absolute atomic E-state index is 0.213. The molecule has 0 amide bonds.